The molecule has 1 aromatic heterocycles. The molecule has 7 heteroatoms. The van der Waals surface area contributed by atoms with Crippen LogP contribution in [0.15, 0.2) is 90.2 Å². The normalized spacial score (nSPS) is 12.8. The molecule has 1 aliphatic heterocycles. The largest absolute Gasteiger partial charge is 0.491 e. The average Bonchev–Trinajstić information content (AvgIpc) is 3.52. The number of anilines is 1. The molecule has 0 spiro atoms. The second kappa shape index (κ2) is 12.2. The van der Waals surface area contributed by atoms with E-state index in [-0.39, 0.29) is 27.8 Å². The number of amidine groups is 1. The fraction of sp³-hybridized carbons (Fsp3) is 0.171. The molecular weight excluding hydrogens is 696 g/mol. The van der Waals surface area contributed by atoms with Crippen molar-refractivity contribution >= 4 is 34.6 Å². The first-order valence-corrected chi connectivity index (χ1v) is 13.9. The number of aryl methyl sites for hydroxylation is 4. The SMILES string of the molecule is CC1=NN(c2[c-]c(B(c3[c-]c(-n4cc(-c5ccccc5)c(C)n4)ccc3)c3c(C)cc(C)cc3C)ccc2)[CH-]N1C.[Pt]. The number of hydrogen-bond donors (Lipinski definition) is 0. The van der Waals surface area contributed by atoms with Crippen molar-refractivity contribution in [3.05, 3.63) is 126 Å². The summed E-state index contributed by atoms with van der Waals surface area (Å²) in [5.41, 5.74) is 12.3. The Balaban J connectivity index is 0.00000353. The summed E-state index contributed by atoms with van der Waals surface area (Å²) >= 11 is 0. The van der Waals surface area contributed by atoms with Crippen molar-refractivity contribution in [1.82, 2.24) is 14.7 Å². The molecule has 0 radical (unpaired) electrons. The fourth-order valence-electron chi connectivity index (χ4n) is 5.78. The number of benzene rings is 4. The van der Waals surface area contributed by atoms with E-state index in [1.54, 1.807) is 0 Å². The molecule has 0 saturated carbocycles. The Morgan fingerprint density at radius 1 is 0.762 bits per heavy atom. The van der Waals surface area contributed by atoms with Crippen molar-refractivity contribution in [2.45, 2.75) is 34.6 Å². The zero-order valence-electron chi connectivity index (χ0n) is 24.8. The summed E-state index contributed by atoms with van der Waals surface area (Å²) in [6, 6.07) is 35.0. The van der Waals surface area contributed by atoms with Gasteiger partial charge in [0.05, 0.1) is 11.5 Å². The predicted molar refractivity (Wildman–Crippen MR) is 171 cm³/mol. The number of rotatable bonds is 6. The monoisotopic (exact) mass is 729 g/mol. The Kier molecular flexibility index (Phi) is 8.56. The van der Waals surface area contributed by atoms with Crippen LogP contribution >= 0.6 is 0 Å². The average molecular weight is 730 g/mol. The molecule has 2 heterocycles. The molecule has 0 atom stereocenters. The van der Waals surface area contributed by atoms with Gasteiger partial charge in [-0.1, -0.05) is 70.3 Å². The molecule has 0 bridgehead atoms. The first-order chi connectivity index (χ1) is 19.8. The molecule has 5 nitrogen and oxygen atoms in total. The van der Waals surface area contributed by atoms with Crippen molar-refractivity contribution < 1.29 is 21.1 Å². The van der Waals surface area contributed by atoms with Crippen molar-refractivity contribution in [1.29, 1.82) is 0 Å². The minimum Gasteiger partial charge on any atom is -0.491 e. The van der Waals surface area contributed by atoms with Crippen LogP contribution < -0.4 is 21.4 Å². The van der Waals surface area contributed by atoms with Crippen molar-refractivity contribution in [3.63, 3.8) is 0 Å². The van der Waals surface area contributed by atoms with Gasteiger partial charge < -0.3 is 9.91 Å². The van der Waals surface area contributed by atoms with E-state index in [0.717, 1.165) is 45.0 Å². The Bertz CT molecular complexity index is 1740. The maximum Gasteiger partial charge on any atom is 0.192 e. The van der Waals surface area contributed by atoms with Crippen LogP contribution in [-0.2, 0) is 21.1 Å². The van der Waals surface area contributed by atoms with Crippen LogP contribution in [0.2, 0.25) is 0 Å². The molecule has 214 valence electrons. The molecule has 4 aromatic carbocycles. The second-order valence-electron chi connectivity index (χ2n) is 10.9. The molecule has 0 fully saturated rings. The van der Waals surface area contributed by atoms with Crippen LogP contribution in [0.4, 0.5) is 5.69 Å². The van der Waals surface area contributed by atoms with Gasteiger partial charge in [0.25, 0.3) is 0 Å². The first kappa shape index (κ1) is 29.6. The van der Waals surface area contributed by atoms with E-state index in [0.29, 0.717) is 0 Å². The summed E-state index contributed by atoms with van der Waals surface area (Å²) in [5, 5.41) is 11.5. The van der Waals surface area contributed by atoms with E-state index in [1.165, 1.54) is 22.2 Å². The smallest absolute Gasteiger partial charge is 0.192 e. The van der Waals surface area contributed by atoms with Gasteiger partial charge in [-0.2, -0.15) is 57.5 Å². The van der Waals surface area contributed by atoms with Gasteiger partial charge in [0, 0.05) is 32.8 Å². The molecule has 5 aromatic rings. The van der Waals surface area contributed by atoms with Gasteiger partial charge in [0.15, 0.2) is 6.71 Å². The molecule has 1 aliphatic rings. The zero-order chi connectivity index (χ0) is 28.7. The number of aromatic nitrogens is 2. The van der Waals surface area contributed by atoms with Crippen LogP contribution in [0.3, 0.4) is 0 Å². The third-order valence-corrected chi connectivity index (χ3v) is 7.78. The third kappa shape index (κ3) is 5.73. The van der Waals surface area contributed by atoms with Gasteiger partial charge in [-0.3, -0.25) is 4.68 Å². The van der Waals surface area contributed by atoms with Crippen molar-refractivity contribution in [2.75, 3.05) is 12.1 Å². The summed E-state index contributed by atoms with van der Waals surface area (Å²) in [4.78, 5) is 2.01. The summed E-state index contributed by atoms with van der Waals surface area (Å²) in [6.07, 6.45) is 2.10. The van der Waals surface area contributed by atoms with Crippen LogP contribution in [-0.4, -0.2) is 34.3 Å². The maximum atomic E-state index is 4.88. The molecule has 0 amide bonds. The molecular formula is C35H33BN5Pt-3. The van der Waals surface area contributed by atoms with Gasteiger partial charge >= 0.3 is 0 Å². The predicted octanol–water partition coefficient (Wildman–Crippen LogP) is 5.09. The Labute approximate surface area is 264 Å². The Morgan fingerprint density at radius 2 is 1.38 bits per heavy atom. The van der Waals surface area contributed by atoms with Crippen molar-refractivity contribution in [3.8, 4) is 16.8 Å². The molecule has 0 saturated heterocycles. The van der Waals surface area contributed by atoms with Gasteiger partial charge in [0.1, 0.15) is 0 Å². The topological polar surface area (TPSA) is 36.7 Å². The summed E-state index contributed by atoms with van der Waals surface area (Å²) in [7, 11) is 2.01. The van der Waals surface area contributed by atoms with Crippen LogP contribution in [0.25, 0.3) is 16.8 Å². The van der Waals surface area contributed by atoms with Gasteiger partial charge in [0.2, 0.25) is 0 Å². The van der Waals surface area contributed by atoms with Crippen molar-refractivity contribution in [2.24, 2.45) is 5.10 Å². The first-order valence-electron chi connectivity index (χ1n) is 13.9. The van der Waals surface area contributed by atoms with Gasteiger partial charge in [-0.05, 0) is 52.9 Å². The number of hydrogen-bond acceptors (Lipinski definition) is 4. The van der Waals surface area contributed by atoms with E-state index in [9.17, 15) is 0 Å². The minimum atomic E-state index is -0.0637. The summed E-state index contributed by atoms with van der Waals surface area (Å²) < 4.78 is 1.94. The Hall–Kier alpha value is -3.89. The second-order valence-corrected chi connectivity index (χ2v) is 10.9. The molecule has 0 aliphatic carbocycles. The van der Waals surface area contributed by atoms with E-state index >= 15 is 0 Å². The fourth-order valence-corrected chi connectivity index (χ4v) is 5.78. The van der Waals surface area contributed by atoms with E-state index in [2.05, 4.69) is 119 Å². The maximum absolute atomic E-state index is 4.88. The minimum absolute atomic E-state index is 0. The van der Waals surface area contributed by atoms with E-state index in [4.69, 9.17) is 10.2 Å². The zero-order valence-corrected chi connectivity index (χ0v) is 27.1. The van der Waals surface area contributed by atoms with E-state index in [1.807, 2.05) is 41.3 Å². The van der Waals surface area contributed by atoms with Gasteiger partial charge in [-0.15, -0.1) is 18.8 Å². The molecule has 42 heavy (non-hydrogen) atoms. The standard InChI is InChI=1S/C35H33BN5.Pt/c1-24-18-25(2)35(26(3)19-24)36(31-15-11-17-33(21-31)41-23-39(6)28(5)38-41)30-14-10-16-32(20-30)40-22-34(27(4)37-40)29-12-8-7-9-13-29;/h7-19,22-23H,1-6H3;/q-3;. The van der Waals surface area contributed by atoms with E-state index < -0.39 is 0 Å². The molecule has 0 N–H and O–H groups in total. The van der Waals surface area contributed by atoms with Crippen LogP contribution in [0.5, 0.6) is 0 Å². The van der Waals surface area contributed by atoms with Crippen LogP contribution in [0, 0.1) is 46.5 Å². The molecule has 0 unspecified atom stereocenters. The van der Waals surface area contributed by atoms with Gasteiger partial charge in [-0.25, -0.2) is 0 Å². The number of nitrogens with zero attached hydrogens (tertiary/aromatic N) is 5. The van der Waals surface area contributed by atoms with Crippen LogP contribution in [0.1, 0.15) is 29.3 Å². The summed E-state index contributed by atoms with van der Waals surface area (Å²) in [5.74, 6) is 0.941. The Morgan fingerprint density at radius 3 is 2.00 bits per heavy atom. The third-order valence-electron chi connectivity index (χ3n) is 7.78. The quantitative estimate of drug-likeness (QED) is 0.181. The summed E-state index contributed by atoms with van der Waals surface area (Å²) in [6.45, 7) is 12.5. The number of hydrazone groups is 1. The molecule has 6 rings (SSSR count).